The molecule has 0 aromatic heterocycles. The van der Waals surface area contributed by atoms with Gasteiger partial charge in [0.05, 0.1) is 11.5 Å². The van der Waals surface area contributed by atoms with Crippen LogP contribution in [0.15, 0.2) is 59.5 Å². The van der Waals surface area contributed by atoms with Crippen LogP contribution in [-0.2, 0) is 30.5 Å². The molecular formula is C19H24O5S. The van der Waals surface area contributed by atoms with E-state index < -0.39 is 15.7 Å². The molecule has 0 bridgehead atoms. The first kappa shape index (κ1) is 19.6. The number of aryl methyl sites for hydroxylation is 1. The lowest BCUT2D eigenvalue weighted by molar-refractivity contribution is -0.354. The molecule has 0 N–H and O–H groups in total. The predicted octanol–water partition coefficient (Wildman–Crippen LogP) is 3.67. The first-order valence-corrected chi connectivity index (χ1v) is 9.51. The van der Waals surface area contributed by atoms with Gasteiger partial charge in [-0.25, -0.2) is 9.78 Å². The van der Waals surface area contributed by atoms with Crippen LogP contribution in [0.2, 0.25) is 0 Å². The Kier molecular flexibility index (Phi) is 6.72. The fourth-order valence-electron chi connectivity index (χ4n) is 2.33. The molecule has 0 saturated carbocycles. The van der Waals surface area contributed by atoms with Crippen molar-refractivity contribution in [3.63, 3.8) is 0 Å². The zero-order valence-electron chi connectivity index (χ0n) is 14.8. The van der Waals surface area contributed by atoms with E-state index in [4.69, 9.17) is 14.0 Å². The van der Waals surface area contributed by atoms with E-state index in [9.17, 15) is 8.42 Å². The van der Waals surface area contributed by atoms with Gasteiger partial charge in [-0.2, -0.15) is 8.42 Å². The first-order chi connectivity index (χ1) is 11.8. The Balaban J connectivity index is 1.76. The van der Waals surface area contributed by atoms with Gasteiger partial charge < -0.3 is 0 Å². The van der Waals surface area contributed by atoms with Gasteiger partial charge in [0.1, 0.15) is 12.2 Å². The predicted molar refractivity (Wildman–Crippen MR) is 95.6 cm³/mol. The van der Waals surface area contributed by atoms with E-state index in [1.165, 1.54) is 23.3 Å². The molecule has 136 valence electrons. The van der Waals surface area contributed by atoms with Crippen LogP contribution in [0.25, 0.3) is 0 Å². The lowest BCUT2D eigenvalue weighted by atomic mass is 9.95. The highest BCUT2D eigenvalue weighted by atomic mass is 32.2. The van der Waals surface area contributed by atoms with E-state index in [-0.39, 0.29) is 18.1 Å². The Bertz CT molecular complexity index is 769. The number of hydrogen-bond acceptors (Lipinski definition) is 5. The molecule has 5 nitrogen and oxygen atoms in total. The van der Waals surface area contributed by atoms with Crippen LogP contribution in [-0.4, -0.2) is 27.2 Å². The second-order valence-electron chi connectivity index (χ2n) is 6.36. The molecule has 0 amide bonds. The average Bonchev–Trinajstić information content (AvgIpc) is 2.57. The molecule has 0 radical (unpaired) electrons. The normalized spacial score (nSPS) is 12.3. The van der Waals surface area contributed by atoms with E-state index >= 15 is 0 Å². The van der Waals surface area contributed by atoms with Crippen molar-refractivity contribution in [1.82, 2.24) is 0 Å². The Labute approximate surface area is 149 Å². The first-order valence-electron chi connectivity index (χ1n) is 8.10. The van der Waals surface area contributed by atoms with Crippen molar-refractivity contribution >= 4 is 10.1 Å². The molecule has 25 heavy (non-hydrogen) atoms. The fourth-order valence-corrected chi connectivity index (χ4v) is 3.24. The summed E-state index contributed by atoms with van der Waals surface area (Å²) in [4.78, 5) is 10.7. The van der Waals surface area contributed by atoms with Crippen LogP contribution in [0.3, 0.4) is 0 Å². The Hall–Kier alpha value is -1.73. The molecule has 0 fully saturated rings. The summed E-state index contributed by atoms with van der Waals surface area (Å²) >= 11 is 0. The zero-order valence-corrected chi connectivity index (χ0v) is 15.6. The summed E-state index contributed by atoms with van der Waals surface area (Å²) in [7, 11) is -3.77. The van der Waals surface area contributed by atoms with Crippen LogP contribution in [0, 0.1) is 6.92 Å². The number of benzene rings is 2. The van der Waals surface area contributed by atoms with Crippen molar-refractivity contribution in [2.45, 2.75) is 37.7 Å². The maximum Gasteiger partial charge on any atom is 0.297 e. The zero-order chi connectivity index (χ0) is 18.3. The Morgan fingerprint density at radius 1 is 0.920 bits per heavy atom. The summed E-state index contributed by atoms with van der Waals surface area (Å²) in [5.41, 5.74) is 1.83. The van der Waals surface area contributed by atoms with Crippen LogP contribution in [0.1, 0.15) is 25.0 Å². The van der Waals surface area contributed by atoms with Crippen LogP contribution < -0.4 is 0 Å². The van der Waals surface area contributed by atoms with Gasteiger partial charge in [-0.1, -0.05) is 42.5 Å². The van der Waals surface area contributed by atoms with Crippen LogP contribution in [0.4, 0.5) is 0 Å². The van der Waals surface area contributed by atoms with Crippen LogP contribution in [0.5, 0.6) is 0 Å². The number of rotatable bonds is 9. The van der Waals surface area contributed by atoms with Gasteiger partial charge in [-0.3, -0.25) is 4.18 Å². The maximum absolute atomic E-state index is 12.0. The summed E-state index contributed by atoms with van der Waals surface area (Å²) in [6.07, 6.45) is 0.683. The summed E-state index contributed by atoms with van der Waals surface area (Å²) in [5, 5.41) is 0. The third kappa shape index (κ3) is 6.25. The van der Waals surface area contributed by atoms with Crippen molar-refractivity contribution in [1.29, 1.82) is 0 Å². The van der Waals surface area contributed by atoms with Crippen LogP contribution >= 0.6 is 0 Å². The minimum absolute atomic E-state index is 0.0171. The van der Waals surface area contributed by atoms with E-state index in [2.05, 4.69) is 19.1 Å². The summed E-state index contributed by atoms with van der Waals surface area (Å²) in [6.45, 7) is 5.79. The molecule has 6 heteroatoms. The van der Waals surface area contributed by atoms with Crippen molar-refractivity contribution in [3.8, 4) is 0 Å². The Morgan fingerprint density at radius 2 is 1.56 bits per heavy atom. The third-order valence-electron chi connectivity index (χ3n) is 3.60. The molecule has 0 saturated heterocycles. The van der Waals surface area contributed by atoms with Crippen molar-refractivity contribution in [2.75, 3.05) is 13.2 Å². The molecule has 0 unspecified atom stereocenters. The lowest BCUT2D eigenvalue weighted by Crippen LogP contribution is -2.28. The van der Waals surface area contributed by atoms with E-state index in [1.54, 1.807) is 18.2 Å². The molecule has 2 rings (SSSR count). The van der Waals surface area contributed by atoms with Crippen molar-refractivity contribution in [2.24, 2.45) is 0 Å². The average molecular weight is 364 g/mol. The molecule has 0 spiro atoms. The van der Waals surface area contributed by atoms with Gasteiger partial charge in [-0.05, 0) is 44.0 Å². The van der Waals surface area contributed by atoms with E-state index in [0.29, 0.717) is 6.42 Å². The maximum atomic E-state index is 12.0. The second kappa shape index (κ2) is 8.58. The molecule has 0 atom stereocenters. The highest BCUT2D eigenvalue weighted by Crippen LogP contribution is 2.20. The lowest BCUT2D eigenvalue weighted by Gasteiger charge is -2.24. The van der Waals surface area contributed by atoms with E-state index in [1.807, 2.05) is 26.0 Å². The van der Waals surface area contributed by atoms with Gasteiger partial charge in [-0.15, -0.1) is 0 Å². The van der Waals surface area contributed by atoms with Gasteiger partial charge in [0.2, 0.25) is 0 Å². The monoisotopic (exact) mass is 364 g/mol. The highest BCUT2D eigenvalue weighted by Gasteiger charge is 2.22. The smallest absolute Gasteiger partial charge is 0.264 e. The SMILES string of the molecule is Cc1ccccc1CC(C)(C)OOCCOS(=O)(=O)c1ccccc1. The van der Waals surface area contributed by atoms with Crippen molar-refractivity contribution in [3.05, 3.63) is 65.7 Å². The molecule has 0 aliphatic carbocycles. The molecular weight excluding hydrogens is 340 g/mol. The topological polar surface area (TPSA) is 61.8 Å². The molecule has 0 aliphatic rings. The molecule has 0 heterocycles. The molecule has 2 aromatic carbocycles. The third-order valence-corrected chi connectivity index (χ3v) is 4.93. The second-order valence-corrected chi connectivity index (χ2v) is 7.97. The summed E-state index contributed by atoms with van der Waals surface area (Å²) < 4.78 is 28.8. The fraction of sp³-hybridized carbons (Fsp3) is 0.368. The standard InChI is InChI=1S/C19H24O5S/c1-16-9-7-8-10-17(16)15-19(2,3)24-22-13-14-23-25(20,21)18-11-5-4-6-12-18/h4-12H,13-15H2,1-3H3. The van der Waals surface area contributed by atoms with Crippen molar-refractivity contribution < 1.29 is 22.4 Å². The van der Waals surface area contributed by atoms with Gasteiger partial charge in [0, 0.05) is 6.42 Å². The summed E-state index contributed by atoms with van der Waals surface area (Å²) in [5.74, 6) is 0. The van der Waals surface area contributed by atoms with E-state index in [0.717, 1.165) is 0 Å². The number of hydrogen-bond donors (Lipinski definition) is 0. The quantitative estimate of drug-likeness (QED) is 0.294. The minimum Gasteiger partial charge on any atom is -0.264 e. The van der Waals surface area contributed by atoms with Gasteiger partial charge in [0.15, 0.2) is 0 Å². The molecule has 0 aliphatic heterocycles. The van der Waals surface area contributed by atoms with Gasteiger partial charge >= 0.3 is 0 Å². The van der Waals surface area contributed by atoms with Gasteiger partial charge in [0.25, 0.3) is 10.1 Å². The highest BCUT2D eigenvalue weighted by molar-refractivity contribution is 7.86. The Morgan fingerprint density at radius 3 is 2.24 bits per heavy atom. The molecule has 2 aromatic rings. The largest absolute Gasteiger partial charge is 0.297 e. The summed E-state index contributed by atoms with van der Waals surface area (Å²) in [6, 6.07) is 16.1. The minimum atomic E-state index is -3.77.